The Hall–Kier alpha value is -2.22. The van der Waals surface area contributed by atoms with Crippen molar-refractivity contribution in [3.05, 3.63) is 71.3 Å². The summed E-state index contributed by atoms with van der Waals surface area (Å²) in [4.78, 5) is 14.8. The van der Waals surface area contributed by atoms with E-state index >= 15 is 0 Å². The van der Waals surface area contributed by atoms with Crippen molar-refractivity contribution in [2.75, 3.05) is 19.0 Å². The summed E-state index contributed by atoms with van der Waals surface area (Å²) >= 11 is -2.00. The average Bonchev–Trinajstić information content (AvgIpc) is 3.53. The first-order valence-corrected chi connectivity index (χ1v) is 11.4. The molecule has 2 atom stereocenters. The molecule has 2 N–H and O–H groups in total. The maximum atomic E-state index is 12.9. The highest BCUT2D eigenvalue weighted by atomic mass is 32.2. The van der Waals surface area contributed by atoms with Crippen LogP contribution in [0.2, 0.25) is 0 Å². The molecule has 1 saturated heterocycles. The summed E-state index contributed by atoms with van der Waals surface area (Å²) < 4.78 is 20.1. The topological polar surface area (TPSA) is 72.9 Å². The number of benzene rings is 2. The molecule has 1 aliphatic carbocycles. The zero-order chi connectivity index (χ0) is 20.2. The van der Waals surface area contributed by atoms with Crippen LogP contribution in [0.15, 0.2) is 54.6 Å². The van der Waals surface area contributed by atoms with Crippen molar-refractivity contribution in [3.63, 3.8) is 0 Å². The molecule has 6 nitrogen and oxygen atoms in total. The van der Waals surface area contributed by atoms with E-state index in [1.807, 2.05) is 23.1 Å². The molecule has 4 rings (SSSR count). The van der Waals surface area contributed by atoms with Crippen LogP contribution in [0.1, 0.15) is 47.9 Å². The number of aryl methyl sites for hydroxylation is 1. The van der Waals surface area contributed by atoms with Crippen LogP contribution >= 0.6 is 0 Å². The zero-order valence-corrected chi connectivity index (χ0v) is 17.2. The zero-order valence-electron chi connectivity index (χ0n) is 16.4. The quantitative estimate of drug-likeness (QED) is 0.616. The largest absolute Gasteiger partial charge is 0.335 e. The highest BCUT2D eigenvalue weighted by Crippen LogP contribution is 2.40. The van der Waals surface area contributed by atoms with Crippen molar-refractivity contribution in [1.82, 2.24) is 15.3 Å². The summed E-state index contributed by atoms with van der Waals surface area (Å²) in [7, 11) is 0. The molecule has 0 aromatic heterocycles. The van der Waals surface area contributed by atoms with Gasteiger partial charge in [0.25, 0.3) is 0 Å². The number of carbonyl (C=O) groups excluding carboxylic acids is 1. The second-order valence-corrected chi connectivity index (χ2v) is 8.69. The molecule has 1 aliphatic heterocycles. The van der Waals surface area contributed by atoms with Gasteiger partial charge >= 0.3 is 6.03 Å². The Balaban J connectivity index is 1.45. The summed E-state index contributed by atoms with van der Waals surface area (Å²) in [6.07, 6.45) is 4.31. The van der Waals surface area contributed by atoms with Crippen molar-refractivity contribution in [2.45, 2.75) is 37.6 Å². The number of rotatable bonds is 9. The van der Waals surface area contributed by atoms with Gasteiger partial charge in [0.15, 0.2) is 11.1 Å². The van der Waals surface area contributed by atoms with Gasteiger partial charge in [0.2, 0.25) is 0 Å². The van der Waals surface area contributed by atoms with E-state index in [1.54, 1.807) is 0 Å². The normalized spacial score (nSPS) is 20.3. The van der Waals surface area contributed by atoms with Crippen molar-refractivity contribution < 1.29 is 13.6 Å². The number of carbonyl (C=O) groups is 1. The fourth-order valence-corrected chi connectivity index (χ4v) is 4.21. The van der Waals surface area contributed by atoms with E-state index in [2.05, 4.69) is 41.8 Å². The van der Waals surface area contributed by atoms with Crippen molar-refractivity contribution in [2.24, 2.45) is 0 Å². The molecule has 1 saturated carbocycles. The third kappa shape index (κ3) is 5.04. The van der Waals surface area contributed by atoms with Crippen LogP contribution in [0.5, 0.6) is 0 Å². The first kappa shape index (κ1) is 20.1. The molecule has 2 aromatic rings. The summed E-state index contributed by atoms with van der Waals surface area (Å²) in [5, 5.41) is 1.47. The molecule has 2 aromatic carbocycles. The molecule has 0 spiro atoms. The molecule has 2 aliphatic rings. The third-order valence-electron chi connectivity index (χ3n) is 5.66. The van der Waals surface area contributed by atoms with E-state index < -0.39 is 11.1 Å². The van der Waals surface area contributed by atoms with E-state index in [0.29, 0.717) is 19.0 Å². The Morgan fingerprint density at radius 2 is 1.72 bits per heavy atom. The van der Waals surface area contributed by atoms with Crippen molar-refractivity contribution in [1.29, 1.82) is 0 Å². The number of hydrogen-bond acceptors (Lipinski definition) is 3. The molecule has 0 bridgehead atoms. The van der Waals surface area contributed by atoms with E-state index in [-0.39, 0.29) is 17.9 Å². The fourth-order valence-electron chi connectivity index (χ4n) is 3.95. The lowest BCUT2D eigenvalue weighted by molar-refractivity contribution is 0.174. The number of hydrogen-bond donors (Lipinski definition) is 2. The molecule has 1 heterocycles. The number of nitrogens with one attached hydrogen (secondary N) is 1. The molecule has 2 fully saturated rings. The number of nitrogens with zero attached hydrogens (tertiary/aromatic N) is 2. The van der Waals surface area contributed by atoms with Gasteiger partial charge in [-0.15, -0.1) is 0 Å². The van der Waals surface area contributed by atoms with Crippen LogP contribution in [-0.2, 0) is 17.5 Å². The van der Waals surface area contributed by atoms with E-state index in [0.717, 1.165) is 18.4 Å². The third-order valence-corrected chi connectivity index (χ3v) is 6.04. The van der Waals surface area contributed by atoms with Crippen LogP contribution in [0, 0.1) is 0 Å². The van der Waals surface area contributed by atoms with Crippen molar-refractivity contribution in [3.8, 4) is 0 Å². The van der Waals surface area contributed by atoms with Crippen LogP contribution in [0.3, 0.4) is 0 Å². The minimum atomic E-state index is -2.00. The lowest BCUT2D eigenvalue weighted by Gasteiger charge is -2.23. The van der Waals surface area contributed by atoms with Gasteiger partial charge in [0, 0.05) is 6.54 Å². The molecular weight excluding hydrogens is 386 g/mol. The van der Waals surface area contributed by atoms with Gasteiger partial charge in [-0.25, -0.2) is 14.4 Å². The maximum Gasteiger partial charge on any atom is 0.335 e. The predicted molar refractivity (Wildman–Crippen MR) is 114 cm³/mol. The molecule has 7 heteroatoms. The number of amides is 2. The molecule has 29 heavy (non-hydrogen) atoms. The second kappa shape index (κ2) is 9.07. The fraction of sp³-hybridized carbons (Fsp3) is 0.409. The van der Waals surface area contributed by atoms with Crippen LogP contribution in [-0.4, -0.2) is 43.7 Å². The van der Waals surface area contributed by atoms with Gasteiger partial charge in [-0.3, -0.25) is 5.01 Å². The van der Waals surface area contributed by atoms with Gasteiger partial charge in [-0.2, -0.15) is 0 Å². The number of urea groups is 1. The summed E-state index contributed by atoms with van der Waals surface area (Å²) in [6, 6.07) is 18.7. The molecule has 2 amide bonds. The van der Waals surface area contributed by atoms with Gasteiger partial charge in [0.1, 0.15) is 5.88 Å². The van der Waals surface area contributed by atoms with E-state index in [1.165, 1.54) is 29.0 Å². The average molecular weight is 414 g/mol. The molecule has 0 radical (unpaired) electrons. The molecule has 1 unspecified atom stereocenters. The van der Waals surface area contributed by atoms with E-state index in [4.69, 9.17) is 4.55 Å². The Bertz CT molecular complexity index is 855. The van der Waals surface area contributed by atoms with Crippen LogP contribution in [0.4, 0.5) is 4.79 Å². The Morgan fingerprint density at radius 3 is 2.38 bits per heavy atom. The standard InChI is InChI=1S/C22H27N3O3S/c26-22-24(14-4-7-17-5-2-1-3-6-17)21(15-25(22)23-16-29(27)28)20-12-10-19(11-13-20)18-8-9-18/h1-3,5-6,10-13,18,21,23H,4,7-9,14-16H2,(H,27,28)/t21-/m1/s1. The lowest BCUT2D eigenvalue weighted by atomic mass is 10.0. The molecular formula is C22H27N3O3S. The first-order chi connectivity index (χ1) is 14.1. The Kier molecular flexibility index (Phi) is 6.28. The maximum absolute atomic E-state index is 12.9. The van der Waals surface area contributed by atoms with Gasteiger partial charge in [-0.05, 0) is 48.3 Å². The van der Waals surface area contributed by atoms with Crippen molar-refractivity contribution >= 4 is 17.1 Å². The van der Waals surface area contributed by atoms with Gasteiger partial charge in [0.05, 0.1) is 12.6 Å². The van der Waals surface area contributed by atoms with Crippen LogP contribution < -0.4 is 5.43 Å². The Labute approximate surface area is 174 Å². The summed E-state index contributed by atoms with van der Waals surface area (Å²) in [5.41, 5.74) is 6.54. The highest BCUT2D eigenvalue weighted by molar-refractivity contribution is 7.79. The van der Waals surface area contributed by atoms with E-state index in [9.17, 15) is 9.00 Å². The minimum absolute atomic E-state index is 0.0637. The summed E-state index contributed by atoms with van der Waals surface area (Å²) in [6.45, 7) is 1.10. The Morgan fingerprint density at radius 1 is 1.03 bits per heavy atom. The molecule has 154 valence electrons. The number of hydrazine groups is 1. The second-order valence-electron chi connectivity index (χ2n) is 7.76. The van der Waals surface area contributed by atoms with Crippen LogP contribution in [0.25, 0.3) is 0 Å². The summed E-state index contributed by atoms with van der Waals surface area (Å²) in [5.74, 6) is 0.547. The first-order valence-electron chi connectivity index (χ1n) is 10.1. The smallest absolute Gasteiger partial charge is 0.315 e. The predicted octanol–water partition coefficient (Wildman–Crippen LogP) is 3.66. The minimum Gasteiger partial charge on any atom is -0.315 e. The monoisotopic (exact) mass is 413 g/mol. The lowest BCUT2D eigenvalue weighted by Crippen LogP contribution is -2.43. The highest BCUT2D eigenvalue weighted by Gasteiger charge is 2.38. The SMILES string of the molecule is O=C1N(NCS(=O)O)C[C@H](c2ccc(C3CC3)cc2)N1CCCc1ccccc1. The van der Waals surface area contributed by atoms with Gasteiger partial charge in [-0.1, -0.05) is 54.6 Å². The van der Waals surface area contributed by atoms with Gasteiger partial charge < -0.3 is 9.45 Å².